The van der Waals surface area contributed by atoms with Crippen LogP contribution in [0.25, 0.3) is 27.8 Å². The lowest BCUT2D eigenvalue weighted by molar-refractivity contribution is 0.490. The third-order valence-electron chi connectivity index (χ3n) is 6.60. The molecule has 0 saturated heterocycles. The fraction of sp³-hybridized carbons (Fsp3) is 0.0667. The van der Waals surface area contributed by atoms with E-state index in [1.807, 2.05) is 54.6 Å². The molecule has 0 bridgehead atoms. The van der Waals surface area contributed by atoms with E-state index in [4.69, 9.17) is 9.72 Å². The van der Waals surface area contributed by atoms with Gasteiger partial charge in [-0.3, -0.25) is 4.79 Å². The van der Waals surface area contributed by atoms with Crippen molar-refractivity contribution in [2.75, 3.05) is 0 Å². The Hall–Kier alpha value is -4.00. The van der Waals surface area contributed by atoms with E-state index in [9.17, 15) is 4.79 Å². The van der Waals surface area contributed by atoms with Crippen LogP contribution in [0.4, 0.5) is 0 Å². The molecule has 0 aliphatic carbocycles. The molecule has 0 unspecified atom stereocenters. The van der Waals surface area contributed by atoms with Gasteiger partial charge in [0.2, 0.25) is 0 Å². The Morgan fingerprint density at radius 1 is 0.944 bits per heavy atom. The van der Waals surface area contributed by atoms with Crippen molar-refractivity contribution in [2.24, 2.45) is 0 Å². The van der Waals surface area contributed by atoms with Crippen LogP contribution in [0.5, 0.6) is 5.75 Å². The Labute approximate surface area is 215 Å². The van der Waals surface area contributed by atoms with E-state index in [0.29, 0.717) is 9.49 Å². The number of para-hydroxylation sites is 3. The summed E-state index contributed by atoms with van der Waals surface area (Å²) >= 11 is 3.06. The minimum Gasteiger partial charge on any atom is -0.455 e. The molecule has 0 spiro atoms. The summed E-state index contributed by atoms with van der Waals surface area (Å²) in [6, 6.07) is 28.7. The van der Waals surface area contributed by atoms with Crippen LogP contribution < -0.4 is 14.8 Å². The van der Waals surface area contributed by atoms with Crippen molar-refractivity contribution >= 4 is 50.5 Å². The lowest BCUT2D eigenvalue weighted by Gasteiger charge is -2.29. The molecular weight excluding hydrogens is 484 g/mol. The van der Waals surface area contributed by atoms with Gasteiger partial charge in [-0.2, -0.15) is 0 Å². The third-order valence-corrected chi connectivity index (χ3v) is 8.44. The number of benzene rings is 3. The highest BCUT2D eigenvalue weighted by Gasteiger charge is 2.31. The van der Waals surface area contributed by atoms with E-state index in [-0.39, 0.29) is 11.5 Å². The monoisotopic (exact) mass is 504 g/mol. The van der Waals surface area contributed by atoms with Gasteiger partial charge in [0.25, 0.3) is 5.56 Å². The third kappa shape index (κ3) is 3.33. The molecule has 1 atom stereocenters. The van der Waals surface area contributed by atoms with E-state index in [1.165, 1.54) is 16.9 Å². The Kier molecular flexibility index (Phi) is 4.91. The minimum absolute atomic E-state index is 0.0526. The summed E-state index contributed by atoms with van der Waals surface area (Å²) in [5, 5.41) is 2.05. The fourth-order valence-electron chi connectivity index (χ4n) is 4.90. The second-order valence-electron chi connectivity index (χ2n) is 8.88. The van der Waals surface area contributed by atoms with E-state index in [2.05, 4.69) is 48.7 Å². The molecular formula is C30H20N2O2S2. The molecule has 7 rings (SSSR count). The molecule has 6 heteroatoms. The number of ether oxygens (including phenoxy) is 1. The summed E-state index contributed by atoms with van der Waals surface area (Å²) in [6.07, 6.45) is 2.02. The molecule has 0 amide bonds. The van der Waals surface area contributed by atoms with Crippen molar-refractivity contribution in [1.82, 2.24) is 9.38 Å². The molecule has 0 N–H and O–H groups in total. The summed E-state index contributed by atoms with van der Waals surface area (Å²) in [6.45, 7) is 2.09. The molecule has 36 heavy (non-hydrogen) atoms. The van der Waals surface area contributed by atoms with Gasteiger partial charge in [0.15, 0.2) is 4.96 Å². The Morgan fingerprint density at radius 3 is 2.58 bits per heavy atom. The fourth-order valence-corrected chi connectivity index (χ4v) is 6.61. The number of rotatable bonds is 3. The van der Waals surface area contributed by atoms with Crippen molar-refractivity contribution in [1.29, 1.82) is 0 Å². The molecule has 3 aromatic heterocycles. The highest BCUT2D eigenvalue weighted by Crippen LogP contribution is 2.47. The quantitative estimate of drug-likeness (QED) is 0.280. The number of aryl methyl sites for hydroxylation is 1. The minimum atomic E-state index is -0.0711. The molecule has 1 aliphatic rings. The van der Waals surface area contributed by atoms with Crippen molar-refractivity contribution in [3.05, 3.63) is 132 Å². The van der Waals surface area contributed by atoms with E-state index >= 15 is 0 Å². The normalized spacial score (nSPS) is 16.0. The maximum atomic E-state index is 13.6. The van der Waals surface area contributed by atoms with E-state index in [0.717, 1.165) is 44.1 Å². The average molecular weight is 505 g/mol. The second kappa shape index (κ2) is 8.29. The summed E-state index contributed by atoms with van der Waals surface area (Å²) < 4.78 is 8.90. The lowest BCUT2D eigenvalue weighted by Crippen LogP contribution is -2.24. The zero-order valence-corrected chi connectivity index (χ0v) is 21.0. The van der Waals surface area contributed by atoms with Gasteiger partial charge in [-0.05, 0) is 48.2 Å². The number of thiazole rings is 1. The smallest absolute Gasteiger partial charge is 0.274 e. The van der Waals surface area contributed by atoms with Gasteiger partial charge in [0.1, 0.15) is 11.5 Å². The standard InChI is InChI=1S/C30H20N2O2S2/c1-18-12-14-19(15-13-18)27-20-7-2-5-10-24(20)34-28(25-11-6-16-35-25)21(27)17-26-29(33)32-23-9-4-3-8-22(23)31-30(32)36-26/h2-17,27H,1H3/t27-/m0/s1. The summed E-state index contributed by atoms with van der Waals surface area (Å²) in [5.74, 6) is 1.57. The SMILES string of the molecule is Cc1ccc([C@@H]2C(C=c3sc4nc5ccccc5n4c3=O)=C(c3cccs3)Oc3ccccc32)cc1. The number of fused-ring (bicyclic) bond motifs is 4. The van der Waals surface area contributed by atoms with Crippen molar-refractivity contribution in [2.45, 2.75) is 12.8 Å². The van der Waals surface area contributed by atoms with Gasteiger partial charge >= 0.3 is 0 Å². The number of nitrogens with zero attached hydrogens (tertiary/aromatic N) is 2. The van der Waals surface area contributed by atoms with Gasteiger partial charge in [-0.25, -0.2) is 9.38 Å². The van der Waals surface area contributed by atoms with Crippen LogP contribution in [-0.2, 0) is 0 Å². The molecule has 0 radical (unpaired) electrons. The molecule has 4 heterocycles. The average Bonchev–Trinajstić information content (AvgIpc) is 3.62. The van der Waals surface area contributed by atoms with E-state index < -0.39 is 0 Å². The van der Waals surface area contributed by atoms with Crippen LogP contribution in [0.3, 0.4) is 0 Å². The summed E-state index contributed by atoms with van der Waals surface area (Å²) in [5.41, 5.74) is 6.05. The zero-order chi connectivity index (χ0) is 24.2. The number of hydrogen-bond donors (Lipinski definition) is 0. The van der Waals surface area contributed by atoms with Crippen LogP contribution in [0.2, 0.25) is 0 Å². The van der Waals surface area contributed by atoms with Crippen molar-refractivity contribution in [3.63, 3.8) is 0 Å². The number of aromatic nitrogens is 2. The predicted molar refractivity (Wildman–Crippen MR) is 148 cm³/mol. The topological polar surface area (TPSA) is 43.6 Å². The molecule has 0 saturated carbocycles. The zero-order valence-electron chi connectivity index (χ0n) is 19.3. The predicted octanol–water partition coefficient (Wildman–Crippen LogP) is 6.41. The van der Waals surface area contributed by atoms with Crippen molar-refractivity contribution < 1.29 is 4.74 Å². The van der Waals surface area contributed by atoms with Gasteiger partial charge in [-0.1, -0.05) is 77.6 Å². The Morgan fingerprint density at radius 2 is 1.75 bits per heavy atom. The molecule has 174 valence electrons. The summed E-state index contributed by atoms with van der Waals surface area (Å²) in [7, 11) is 0. The largest absolute Gasteiger partial charge is 0.455 e. The molecule has 4 nitrogen and oxygen atoms in total. The number of thiophene rings is 1. The van der Waals surface area contributed by atoms with Gasteiger partial charge in [0.05, 0.1) is 20.4 Å². The van der Waals surface area contributed by atoms with Gasteiger partial charge in [0, 0.05) is 17.1 Å². The summed E-state index contributed by atoms with van der Waals surface area (Å²) in [4.78, 5) is 20.1. The first-order valence-corrected chi connectivity index (χ1v) is 13.4. The first-order valence-electron chi connectivity index (χ1n) is 11.7. The number of allylic oxidation sites excluding steroid dienone is 1. The Balaban J connectivity index is 1.54. The highest BCUT2D eigenvalue weighted by atomic mass is 32.1. The highest BCUT2D eigenvalue weighted by molar-refractivity contribution is 7.15. The van der Waals surface area contributed by atoms with E-state index in [1.54, 1.807) is 15.7 Å². The molecule has 0 fully saturated rings. The van der Waals surface area contributed by atoms with Crippen LogP contribution in [0.15, 0.2) is 101 Å². The maximum absolute atomic E-state index is 13.6. The first-order chi connectivity index (χ1) is 17.7. The molecule has 1 aliphatic heterocycles. The van der Waals surface area contributed by atoms with Gasteiger partial charge < -0.3 is 4.74 Å². The van der Waals surface area contributed by atoms with Crippen molar-refractivity contribution in [3.8, 4) is 5.75 Å². The van der Waals surface area contributed by atoms with Crippen LogP contribution in [-0.4, -0.2) is 9.38 Å². The first kappa shape index (κ1) is 21.3. The number of imidazole rings is 1. The second-order valence-corrected chi connectivity index (χ2v) is 10.8. The number of hydrogen-bond acceptors (Lipinski definition) is 5. The van der Waals surface area contributed by atoms with Crippen LogP contribution in [0, 0.1) is 6.92 Å². The maximum Gasteiger partial charge on any atom is 0.274 e. The molecule has 6 aromatic rings. The Bertz CT molecular complexity index is 1890. The van der Waals surface area contributed by atoms with Crippen LogP contribution in [0.1, 0.15) is 27.5 Å². The lowest BCUT2D eigenvalue weighted by atomic mass is 9.81. The molecule has 3 aromatic carbocycles. The van der Waals surface area contributed by atoms with Gasteiger partial charge in [-0.15, -0.1) is 11.3 Å². The van der Waals surface area contributed by atoms with Crippen LogP contribution >= 0.6 is 22.7 Å².